The molecule has 16 heterocycles. The van der Waals surface area contributed by atoms with Crippen LogP contribution in [0, 0.1) is 94.0 Å². The molecule has 6 bridgehead atoms. The maximum Gasteiger partial charge on any atom is 0.181 e. The number of halogens is 6. The van der Waals surface area contributed by atoms with E-state index in [2.05, 4.69) is 147 Å². The Balaban J connectivity index is 0.000000108. The molecule has 0 saturated heterocycles. The number of furan rings is 3. The molecule has 9 saturated carbocycles. The zero-order valence-electron chi connectivity index (χ0n) is 69.7. The lowest BCUT2D eigenvalue weighted by molar-refractivity contribution is 0.0334. The third kappa shape index (κ3) is 16.3. The van der Waals surface area contributed by atoms with E-state index in [9.17, 15) is 0 Å². The molecule has 0 amide bonds. The second-order valence-electron chi connectivity index (χ2n) is 35.8. The first-order valence-electron chi connectivity index (χ1n) is 43.0. The molecular formula is C93H95Cl4F2N21O3. The van der Waals surface area contributed by atoms with E-state index >= 15 is 8.78 Å². The van der Waals surface area contributed by atoms with E-state index in [1.807, 2.05) is 31.3 Å². The lowest BCUT2D eigenvalue weighted by Gasteiger charge is -2.47. The number of aromatic amines is 4. The summed E-state index contributed by atoms with van der Waals surface area (Å²) >= 11 is 24.7. The van der Waals surface area contributed by atoms with Crippen LogP contribution < -0.4 is 0 Å². The van der Waals surface area contributed by atoms with Gasteiger partial charge in [-0.3, -0.25) is 20.4 Å². The first-order chi connectivity index (χ1) is 59.6. The molecular weight excluding hydrogens is 1640 g/mol. The molecule has 9 aliphatic rings. The van der Waals surface area contributed by atoms with Crippen molar-refractivity contribution in [3.8, 4) is 80.4 Å². The Hall–Kier alpha value is -10.8. The molecule has 9 aliphatic carbocycles. The van der Waals surface area contributed by atoms with Crippen molar-refractivity contribution in [3.63, 3.8) is 0 Å². The number of hydrogen-bond acceptors (Lipinski definition) is 19. The predicted molar refractivity (Wildman–Crippen MR) is 472 cm³/mol. The number of nitrogens with one attached hydrogen (secondary N) is 4. The van der Waals surface area contributed by atoms with E-state index in [-0.39, 0.29) is 22.7 Å². The Morgan fingerprint density at radius 1 is 0.431 bits per heavy atom. The SMILES string of the molecule is CC1C2CCC(CC2)C1Cc1cc(-c2ccco2)nc(-c2[nH]nc3ncc(Cl)cc23)n1.CC1C2CCC(CC2)C1Cc1nc(-c2[nH]nc3ncc(Cl)cc23)nc(-c2ccco2)c1F.CC1C2CCC(CC2)C1Cc1nc(-c2[nH]nc3ncc(Cl)cc23)nc2c1ccn2C.CC[C@@H](Cc1nc(-c2[nH]nc3ncc(Cl)cc23)nc(-c2ccco2)c1F)C(C)(C)C. The third-order valence-electron chi connectivity index (χ3n) is 28.1. The smallest absolute Gasteiger partial charge is 0.181 e. The van der Waals surface area contributed by atoms with Crippen molar-refractivity contribution in [1.29, 1.82) is 0 Å². The molecule has 123 heavy (non-hydrogen) atoms. The molecule has 0 aromatic carbocycles. The van der Waals surface area contributed by atoms with E-state index in [1.165, 1.54) is 95.8 Å². The highest BCUT2D eigenvalue weighted by molar-refractivity contribution is 6.32. The first-order valence-corrected chi connectivity index (χ1v) is 44.5. The summed E-state index contributed by atoms with van der Waals surface area (Å²) in [5.41, 5.74) is 9.90. The minimum Gasteiger partial charge on any atom is -0.463 e. The summed E-state index contributed by atoms with van der Waals surface area (Å²) in [6.45, 7) is 15.8. The van der Waals surface area contributed by atoms with E-state index in [4.69, 9.17) is 84.6 Å². The van der Waals surface area contributed by atoms with Crippen LogP contribution in [0.15, 0.2) is 136 Å². The zero-order chi connectivity index (χ0) is 84.6. The van der Waals surface area contributed by atoms with Crippen molar-refractivity contribution < 1.29 is 22.0 Å². The fourth-order valence-corrected chi connectivity index (χ4v) is 21.9. The van der Waals surface area contributed by atoms with Gasteiger partial charge in [0.2, 0.25) is 0 Å². The van der Waals surface area contributed by atoms with Gasteiger partial charge in [-0.1, -0.05) is 101 Å². The van der Waals surface area contributed by atoms with Crippen LogP contribution in [-0.2, 0) is 32.7 Å². The van der Waals surface area contributed by atoms with Crippen molar-refractivity contribution in [1.82, 2.24) is 105 Å². The van der Waals surface area contributed by atoms with Crippen molar-refractivity contribution in [3.05, 3.63) is 177 Å². The van der Waals surface area contributed by atoms with Gasteiger partial charge in [0.25, 0.3) is 0 Å². The van der Waals surface area contributed by atoms with Crippen LogP contribution in [0.5, 0.6) is 0 Å². The average molecular weight is 1730 g/mol. The molecule has 24 nitrogen and oxygen atoms in total. The predicted octanol–water partition coefficient (Wildman–Crippen LogP) is 23.3. The Labute approximate surface area is 728 Å². The molecule has 9 fully saturated rings. The molecule has 0 radical (unpaired) electrons. The van der Waals surface area contributed by atoms with E-state index in [1.54, 1.807) is 61.3 Å². The van der Waals surface area contributed by atoms with Gasteiger partial charge < -0.3 is 17.8 Å². The largest absolute Gasteiger partial charge is 0.463 e. The standard InChI is InChI=1S/C24H23ClFN5O.C24H24ClN5O.C23H25ClN6.C22H23ClFN5O/c1-12-13-4-6-14(7-5-13)16(12)10-18-20(26)22(19-3-2-8-32-19)29-24(28-18)21-17-9-15(25)11-27-23(17)31-30-21;1-13-14-4-6-15(7-5-14)18(13)10-17-11-20(21-3-2-8-31-21)28-24(27-17)22-19-9-16(25)12-26-23(19)30-29-22;1-12-13-3-5-14(6-4-13)17(12)10-19-16-7-8-30(2)23(16)27-22(26-19)20-18-9-15(24)11-25-21(18)29-28-20;1-5-12(22(2,3)4)9-15-17(24)19(16-7-6-8-30-16)27-21(26-15)18-14-10-13(23)11-25-20(14)29-28-18/h2-3,8-9,11-14,16H,4-7,10H2,1H3,(H,27,30,31);2-3,8-9,11-15,18H,4-7,10H2,1H3,(H,26,29,30);7-9,11-14,17H,3-6,10H2,1-2H3,(H,25,28,29);6-8,10-12H,5,9H2,1-4H3,(H,25,28,29)/t;;;12-/m...0/s1. The number of H-pyrrole nitrogens is 4. The molecule has 0 spiro atoms. The maximum atomic E-state index is 15.7. The van der Waals surface area contributed by atoms with Crippen molar-refractivity contribution in [2.45, 2.75) is 158 Å². The van der Waals surface area contributed by atoms with Gasteiger partial charge >= 0.3 is 0 Å². The summed E-state index contributed by atoms with van der Waals surface area (Å²) in [6, 6.07) is 22.1. The number of nitrogens with zero attached hydrogens (tertiary/aromatic N) is 17. The number of aryl methyl sites for hydroxylation is 1. The van der Waals surface area contributed by atoms with E-state index in [0.717, 1.165) is 117 Å². The maximum absolute atomic E-state index is 15.7. The highest BCUT2D eigenvalue weighted by atomic mass is 35.5. The number of hydrogen-bond donors (Lipinski definition) is 4. The van der Waals surface area contributed by atoms with Gasteiger partial charge in [0, 0.05) is 49.1 Å². The zero-order valence-corrected chi connectivity index (χ0v) is 72.7. The molecule has 4 N–H and O–H groups in total. The molecule has 16 aromatic rings. The highest BCUT2D eigenvalue weighted by Gasteiger charge is 2.45. The van der Waals surface area contributed by atoms with Crippen molar-refractivity contribution >= 4 is 102 Å². The highest BCUT2D eigenvalue weighted by Crippen LogP contribution is 2.53. The van der Waals surface area contributed by atoms with Crippen LogP contribution in [0.2, 0.25) is 20.1 Å². The van der Waals surface area contributed by atoms with Gasteiger partial charge in [-0.2, -0.15) is 20.4 Å². The Morgan fingerprint density at radius 3 is 1.20 bits per heavy atom. The molecule has 30 heteroatoms. The molecule has 632 valence electrons. The topological polar surface area (TPSA) is 314 Å². The van der Waals surface area contributed by atoms with Crippen molar-refractivity contribution in [2.24, 2.45) is 89.4 Å². The van der Waals surface area contributed by atoms with Crippen LogP contribution in [0.4, 0.5) is 8.78 Å². The monoisotopic (exact) mass is 1730 g/mol. The minimum absolute atomic E-state index is 0.00920. The van der Waals surface area contributed by atoms with Crippen LogP contribution in [0.3, 0.4) is 0 Å². The Kier molecular flexibility index (Phi) is 22.6. The van der Waals surface area contributed by atoms with Gasteiger partial charge in [0.15, 0.2) is 74.8 Å². The van der Waals surface area contributed by atoms with Crippen molar-refractivity contribution in [2.75, 3.05) is 0 Å². The summed E-state index contributed by atoms with van der Waals surface area (Å²) in [5, 5.41) is 35.5. The lowest BCUT2D eigenvalue weighted by atomic mass is 9.58. The second kappa shape index (κ2) is 34.0. The molecule has 16 aromatic heterocycles. The van der Waals surface area contributed by atoms with Gasteiger partial charge in [0.05, 0.1) is 77.5 Å². The van der Waals surface area contributed by atoms with Crippen LogP contribution >= 0.6 is 46.4 Å². The van der Waals surface area contributed by atoms with Crippen LogP contribution in [-0.4, -0.2) is 105 Å². The third-order valence-corrected chi connectivity index (χ3v) is 28.9. The Bertz CT molecular complexity index is 6490. The molecule has 0 aliphatic heterocycles. The molecule has 25 rings (SSSR count). The quantitative estimate of drug-likeness (QED) is 0.0698. The number of pyridine rings is 4. The number of aromatic nitrogens is 21. The normalized spacial score (nSPS) is 22.5. The number of fused-ring (bicyclic) bond motifs is 14. The number of rotatable bonds is 16. The molecule has 6 unspecified atom stereocenters. The summed E-state index contributed by atoms with van der Waals surface area (Å²) < 4.78 is 49.9. The second-order valence-corrected chi connectivity index (χ2v) is 37.6. The van der Waals surface area contributed by atoms with E-state index < -0.39 is 11.6 Å². The van der Waals surface area contributed by atoms with Crippen LogP contribution in [0.1, 0.15) is 155 Å². The van der Waals surface area contributed by atoms with Gasteiger partial charge in [-0.25, -0.2) is 68.6 Å². The minimum atomic E-state index is -0.462. The van der Waals surface area contributed by atoms with Crippen LogP contribution in [0.25, 0.3) is 136 Å². The molecule has 7 atom stereocenters. The summed E-state index contributed by atoms with van der Waals surface area (Å²) in [6.07, 6.45) is 33.2. The fraction of sp³-hybridized carbons (Fsp3) is 0.419. The summed E-state index contributed by atoms with van der Waals surface area (Å²) in [4.78, 5) is 55.1. The van der Waals surface area contributed by atoms with E-state index in [0.29, 0.717) is 153 Å². The average Bonchev–Trinajstić information content (AvgIpc) is 1.73. The summed E-state index contributed by atoms with van der Waals surface area (Å²) in [5.74, 6) is 11.5. The first kappa shape index (κ1) is 81.8. The Morgan fingerprint density at radius 2 is 0.797 bits per heavy atom. The lowest BCUT2D eigenvalue weighted by Crippen LogP contribution is -2.39. The summed E-state index contributed by atoms with van der Waals surface area (Å²) in [7, 11) is 2.04. The van der Waals surface area contributed by atoms with Gasteiger partial charge in [-0.05, 0) is 258 Å². The van der Waals surface area contributed by atoms with Gasteiger partial charge in [0.1, 0.15) is 45.5 Å². The fourth-order valence-electron chi connectivity index (χ4n) is 21.2. The van der Waals surface area contributed by atoms with Gasteiger partial charge in [-0.15, -0.1) is 0 Å².